The standard InChI is InChI=1S/C31H30F4N8OS.C2H6/c32-17-7-6-15(21-16(12-36)28(37)45-26(17)21)24-23(34)25-22-18(38-24)4-1-5-19-27(35)39-20(33)13-43(19)29(22)41-30(40-25)44-14-31-8-2-10-42(31)11-3-9-31;1-2/h6-7,19-20,27,39H,1-5,8-11,13-14,37H2;1-2H3. The number of ether oxygens (including phenoxy) is 1. The molecule has 3 saturated heterocycles. The number of aryl methyl sites for hydroxylation is 1. The normalized spacial score (nSPS) is 23.4. The molecule has 14 heteroatoms. The zero-order valence-corrected chi connectivity index (χ0v) is 27.1. The minimum atomic E-state index is -1.67. The fourth-order valence-electron chi connectivity index (χ4n) is 7.82. The molecule has 0 spiro atoms. The highest BCUT2D eigenvalue weighted by molar-refractivity contribution is 7.23. The molecular formula is C33H36F4N8OS. The number of piperazine rings is 1. The van der Waals surface area contributed by atoms with E-state index in [1.165, 1.54) is 12.1 Å². The number of anilines is 2. The fraction of sp³-hybridized carbons (Fsp3) is 0.515. The molecule has 3 fully saturated rings. The number of benzene rings is 1. The number of pyridine rings is 1. The Kier molecular flexibility index (Phi) is 8.34. The highest BCUT2D eigenvalue weighted by atomic mass is 32.1. The number of thiophene rings is 1. The van der Waals surface area contributed by atoms with Crippen LogP contribution in [0.2, 0.25) is 0 Å². The molecule has 0 radical (unpaired) electrons. The monoisotopic (exact) mass is 668 g/mol. The van der Waals surface area contributed by atoms with Crippen molar-refractivity contribution < 1.29 is 22.3 Å². The van der Waals surface area contributed by atoms with Crippen molar-refractivity contribution in [3.8, 4) is 23.3 Å². The van der Waals surface area contributed by atoms with Gasteiger partial charge in [0, 0.05) is 10.9 Å². The van der Waals surface area contributed by atoms with E-state index < -0.39 is 30.3 Å². The molecule has 3 N–H and O–H groups in total. The fourth-order valence-corrected chi connectivity index (χ4v) is 8.77. The van der Waals surface area contributed by atoms with Crippen molar-refractivity contribution in [3.05, 3.63) is 35.0 Å². The minimum absolute atomic E-state index is 0.0458. The molecule has 3 aromatic heterocycles. The number of nitriles is 1. The van der Waals surface area contributed by atoms with E-state index in [9.17, 15) is 14.0 Å². The Morgan fingerprint density at radius 2 is 1.87 bits per heavy atom. The van der Waals surface area contributed by atoms with Crippen molar-refractivity contribution >= 4 is 43.1 Å². The zero-order chi connectivity index (χ0) is 33.0. The number of nitrogens with one attached hydrogen (secondary N) is 1. The molecule has 47 heavy (non-hydrogen) atoms. The maximum absolute atomic E-state index is 16.9. The van der Waals surface area contributed by atoms with Crippen LogP contribution in [0, 0.1) is 23.0 Å². The molecule has 4 aliphatic rings. The van der Waals surface area contributed by atoms with E-state index in [0.717, 1.165) is 50.1 Å². The lowest BCUT2D eigenvalue weighted by Gasteiger charge is -2.42. The lowest BCUT2D eigenvalue weighted by atomic mass is 9.95. The molecule has 8 rings (SSSR count). The Labute approximate surface area is 273 Å². The highest BCUT2D eigenvalue weighted by Gasteiger charge is 2.45. The number of hydrogen-bond acceptors (Lipinski definition) is 10. The molecule has 0 saturated carbocycles. The smallest absolute Gasteiger partial charge is 0.319 e. The van der Waals surface area contributed by atoms with Gasteiger partial charge < -0.3 is 15.4 Å². The summed E-state index contributed by atoms with van der Waals surface area (Å²) in [5, 5.41) is 12.8. The van der Waals surface area contributed by atoms with Gasteiger partial charge in [0.25, 0.3) is 0 Å². The van der Waals surface area contributed by atoms with Gasteiger partial charge in [-0.05, 0) is 70.2 Å². The van der Waals surface area contributed by atoms with Crippen LogP contribution in [0.3, 0.4) is 0 Å². The molecule has 4 aliphatic heterocycles. The van der Waals surface area contributed by atoms with Crippen molar-refractivity contribution in [1.29, 1.82) is 5.26 Å². The van der Waals surface area contributed by atoms with Gasteiger partial charge >= 0.3 is 6.01 Å². The SMILES string of the molecule is CC.N#Cc1c(N)sc2c(F)ccc(-c3nc4c5c(nc(OCC67CCCN6CCC7)nc5c3F)N3CC(F)NC(F)C3CCC4)c12. The van der Waals surface area contributed by atoms with E-state index >= 15 is 8.78 Å². The summed E-state index contributed by atoms with van der Waals surface area (Å²) in [4.78, 5) is 18.0. The van der Waals surface area contributed by atoms with Crippen LogP contribution in [-0.4, -0.2) is 70.3 Å². The van der Waals surface area contributed by atoms with E-state index in [1.54, 1.807) is 4.90 Å². The largest absolute Gasteiger partial charge is 0.461 e. The summed E-state index contributed by atoms with van der Waals surface area (Å²) in [6.07, 6.45) is 1.92. The lowest BCUT2D eigenvalue weighted by Crippen LogP contribution is -2.60. The number of nitrogens with zero attached hydrogens (tertiary/aromatic N) is 6. The molecule has 3 unspecified atom stereocenters. The molecule has 9 nitrogen and oxygen atoms in total. The molecular weight excluding hydrogens is 632 g/mol. The van der Waals surface area contributed by atoms with Crippen LogP contribution in [0.1, 0.15) is 63.6 Å². The molecule has 4 aromatic rings. The number of halogens is 4. The van der Waals surface area contributed by atoms with E-state index in [2.05, 4.69) is 15.2 Å². The predicted molar refractivity (Wildman–Crippen MR) is 174 cm³/mol. The van der Waals surface area contributed by atoms with Crippen molar-refractivity contribution in [1.82, 2.24) is 25.2 Å². The Hall–Kier alpha value is -3.80. The first kappa shape index (κ1) is 31.8. The number of alkyl halides is 2. The number of aromatic nitrogens is 3. The number of rotatable bonds is 4. The van der Waals surface area contributed by atoms with Gasteiger partial charge in [-0.25, -0.2) is 22.5 Å². The molecule has 248 valence electrons. The van der Waals surface area contributed by atoms with E-state index in [-0.39, 0.29) is 66.7 Å². The topological polar surface area (TPSA) is 116 Å². The van der Waals surface area contributed by atoms with Crippen LogP contribution in [0.15, 0.2) is 12.1 Å². The van der Waals surface area contributed by atoms with Crippen molar-refractivity contribution in [2.45, 2.75) is 83.0 Å². The van der Waals surface area contributed by atoms with Crippen LogP contribution in [0.5, 0.6) is 6.01 Å². The van der Waals surface area contributed by atoms with E-state index in [4.69, 9.17) is 20.4 Å². The Morgan fingerprint density at radius 1 is 1.11 bits per heavy atom. The second-order valence-corrected chi connectivity index (χ2v) is 13.4. The summed E-state index contributed by atoms with van der Waals surface area (Å²) in [6, 6.07) is 3.79. The van der Waals surface area contributed by atoms with Gasteiger partial charge in [0.05, 0.1) is 39.5 Å². The second-order valence-electron chi connectivity index (χ2n) is 12.4. The molecule has 0 bridgehead atoms. The van der Waals surface area contributed by atoms with Gasteiger partial charge in [0.1, 0.15) is 40.5 Å². The van der Waals surface area contributed by atoms with Gasteiger partial charge in [-0.15, -0.1) is 11.3 Å². The third-order valence-corrected chi connectivity index (χ3v) is 10.9. The first-order chi connectivity index (χ1) is 22.8. The van der Waals surface area contributed by atoms with Crippen LogP contribution < -0.4 is 20.7 Å². The number of nitrogen functional groups attached to an aromatic ring is 1. The Balaban J connectivity index is 0.00000172. The second kappa shape index (κ2) is 12.3. The Morgan fingerprint density at radius 3 is 2.62 bits per heavy atom. The minimum Gasteiger partial charge on any atom is -0.461 e. The molecule has 3 atom stereocenters. The maximum Gasteiger partial charge on any atom is 0.319 e. The van der Waals surface area contributed by atoms with Crippen LogP contribution >= 0.6 is 11.3 Å². The van der Waals surface area contributed by atoms with Crippen molar-refractivity contribution in [2.75, 3.05) is 36.9 Å². The van der Waals surface area contributed by atoms with Gasteiger partial charge in [-0.2, -0.15) is 15.2 Å². The third kappa shape index (κ3) is 5.14. The summed E-state index contributed by atoms with van der Waals surface area (Å²) in [6.45, 7) is 6.09. The quantitative estimate of drug-likeness (QED) is 0.189. The third-order valence-electron chi connectivity index (χ3n) is 9.91. The summed E-state index contributed by atoms with van der Waals surface area (Å²) >= 11 is 0.916. The van der Waals surface area contributed by atoms with Crippen LogP contribution in [0.4, 0.5) is 28.4 Å². The molecule has 0 aliphatic carbocycles. The zero-order valence-electron chi connectivity index (χ0n) is 26.3. The average Bonchev–Trinajstić information content (AvgIpc) is 3.74. The summed E-state index contributed by atoms with van der Waals surface area (Å²) in [5.74, 6) is -1.23. The molecule has 1 aromatic carbocycles. The summed E-state index contributed by atoms with van der Waals surface area (Å²) in [7, 11) is 0. The maximum atomic E-state index is 16.9. The van der Waals surface area contributed by atoms with Gasteiger partial charge in [-0.3, -0.25) is 10.2 Å². The van der Waals surface area contributed by atoms with Gasteiger partial charge in [0.15, 0.2) is 18.4 Å². The number of nitrogens with two attached hydrogens (primary N) is 1. The first-order valence-electron chi connectivity index (χ1n) is 16.3. The highest BCUT2D eigenvalue weighted by Crippen LogP contribution is 2.45. The van der Waals surface area contributed by atoms with E-state index in [1.807, 2.05) is 19.9 Å². The van der Waals surface area contributed by atoms with Crippen LogP contribution in [-0.2, 0) is 6.42 Å². The van der Waals surface area contributed by atoms with Crippen molar-refractivity contribution in [3.63, 3.8) is 0 Å². The summed E-state index contributed by atoms with van der Waals surface area (Å²) < 4.78 is 68.2. The molecule has 7 heterocycles. The van der Waals surface area contributed by atoms with E-state index in [0.29, 0.717) is 31.6 Å². The number of hydrogen-bond donors (Lipinski definition) is 2. The number of fused-ring (bicyclic) bond motifs is 4. The van der Waals surface area contributed by atoms with Gasteiger partial charge in [-0.1, -0.05) is 13.8 Å². The van der Waals surface area contributed by atoms with Crippen molar-refractivity contribution in [2.24, 2.45) is 0 Å². The lowest BCUT2D eigenvalue weighted by molar-refractivity contribution is 0.102. The Bertz CT molecular complexity index is 1890. The molecule has 0 amide bonds. The average molecular weight is 669 g/mol. The van der Waals surface area contributed by atoms with Gasteiger partial charge in [0.2, 0.25) is 0 Å². The predicted octanol–water partition coefficient (Wildman–Crippen LogP) is 6.38. The summed E-state index contributed by atoms with van der Waals surface area (Å²) in [5.41, 5.74) is 6.39. The van der Waals surface area contributed by atoms with Crippen LogP contribution in [0.25, 0.3) is 32.2 Å². The first-order valence-corrected chi connectivity index (χ1v) is 17.1.